The monoisotopic (exact) mass is 292 g/mol. The van der Waals surface area contributed by atoms with Crippen LogP contribution in [0.5, 0.6) is 5.75 Å². The van der Waals surface area contributed by atoms with E-state index in [4.69, 9.17) is 4.74 Å². The van der Waals surface area contributed by atoms with E-state index in [1.54, 1.807) is 30.3 Å². The Balaban J connectivity index is 2.10. The van der Waals surface area contributed by atoms with Crippen LogP contribution in [-0.2, 0) is 12.8 Å². The summed E-state index contributed by atoms with van der Waals surface area (Å²) in [5.74, 6) is -0.612. The zero-order valence-electron chi connectivity index (χ0n) is 11.9. The van der Waals surface area contributed by atoms with Gasteiger partial charge in [-0.25, -0.2) is 8.78 Å². The van der Waals surface area contributed by atoms with Gasteiger partial charge in [0.15, 0.2) is 11.6 Å². The maximum absolute atomic E-state index is 14.1. The zero-order valence-corrected chi connectivity index (χ0v) is 11.9. The average molecular weight is 292 g/mol. The van der Waals surface area contributed by atoms with Crippen LogP contribution >= 0.6 is 0 Å². The summed E-state index contributed by atoms with van der Waals surface area (Å²) in [5.41, 5.74) is 1.43. The molecule has 2 aromatic carbocycles. The summed E-state index contributed by atoms with van der Waals surface area (Å²) in [5, 5.41) is 9.49. The van der Waals surface area contributed by atoms with E-state index in [0.717, 1.165) is 5.56 Å². The number of hydrogen-bond donors (Lipinski definition) is 1. The fraction of sp³-hybridized carbons (Fsp3) is 0.294. The maximum Gasteiger partial charge on any atom is 0.168 e. The molecule has 0 aliphatic rings. The summed E-state index contributed by atoms with van der Waals surface area (Å²) in [6.07, 6.45) is 0.963. The number of hydrogen-bond acceptors (Lipinski definition) is 2. The minimum atomic E-state index is -0.391. The van der Waals surface area contributed by atoms with E-state index in [9.17, 15) is 13.9 Å². The van der Waals surface area contributed by atoms with Crippen LogP contribution in [0.4, 0.5) is 8.78 Å². The van der Waals surface area contributed by atoms with Gasteiger partial charge >= 0.3 is 0 Å². The largest absolute Gasteiger partial charge is 0.494 e. The van der Waals surface area contributed by atoms with Gasteiger partial charge in [-0.1, -0.05) is 24.3 Å². The number of benzene rings is 2. The third-order valence-corrected chi connectivity index (χ3v) is 3.47. The Morgan fingerprint density at radius 3 is 2.38 bits per heavy atom. The summed E-state index contributed by atoms with van der Waals surface area (Å²) in [4.78, 5) is 0. The lowest BCUT2D eigenvalue weighted by Crippen LogP contribution is -2.14. The molecule has 2 aromatic rings. The van der Waals surface area contributed by atoms with Crippen molar-refractivity contribution < 1.29 is 18.6 Å². The Kier molecular flexibility index (Phi) is 5.28. The molecular formula is C17H18F2O2. The van der Waals surface area contributed by atoms with Crippen molar-refractivity contribution in [2.45, 2.75) is 12.8 Å². The molecule has 1 N–H and O–H groups in total. The smallest absolute Gasteiger partial charge is 0.168 e. The van der Waals surface area contributed by atoms with Crippen molar-refractivity contribution in [3.05, 3.63) is 65.2 Å². The first-order valence-electron chi connectivity index (χ1n) is 6.80. The van der Waals surface area contributed by atoms with Crippen LogP contribution in [0.15, 0.2) is 42.5 Å². The van der Waals surface area contributed by atoms with E-state index in [1.807, 2.05) is 0 Å². The quantitative estimate of drug-likeness (QED) is 0.884. The molecule has 0 spiro atoms. The van der Waals surface area contributed by atoms with Gasteiger partial charge in [0.1, 0.15) is 5.82 Å². The second-order valence-electron chi connectivity index (χ2n) is 5.02. The molecule has 112 valence electrons. The summed E-state index contributed by atoms with van der Waals surface area (Å²) < 4.78 is 31.9. The second-order valence-corrected chi connectivity index (χ2v) is 5.02. The standard InChI is InChI=1S/C17H18F2O2/c1-21-16-4-2-3-14(17(16)19)10-13(11-20)9-12-5-7-15(18)8-6-12/h2-8,13,20H,9-11H2,1H3. The van der Waals surface area contributed by atoms with Gasteiger partial charge in [0.05, 0.1) is 7.11 Å². The number of aliphatic hydroxyl groups is 1. The van der Waals surface area contributed by atoms with Gasteiger partial charge in [-0.3, -0.25) is 0 Å². The normalized spacial score (nSPS) is 12.2. The molecule has 0 amide bonds. The Morgan fingerprint density at radius 2 is 1.76 bits per heavy atom. The van der Waals surface area contributed by atoms with Gasteiger partial charge in [-0.2, -0.15) is 0 Å². The van der Waals surface area contributed by atoms with Crippen LogP contribution in [0, 0.1) is 17.6 Å². The molecule has 2 nitrogen and oxygen atoms in total. The number of aliphatic hydroxyl groups excluding tert-OH is 1. The molecule has 0 aliphatic carbocycles. The van der Waals surface area contributed by atoms with Crippen molar-refractivity contribution in [1.82, 2.24) is 0 Å². The Labute approximate surface area is 123 Å². The predicted octanol–water partition coefficient (Wildman–Crippen LogP) is 3.37. The Hall–Kier alpha value is -1.94. The Morgan fingerprint density at radius 1 is 1.05 bits per heavy atom. The SMILES string of the molecule is COc1cccc(CC(CO)Cc2ccc(F)cc2)c1F. The molecule has 2 rings (SSSR count). The molecule has 0 aliphatic heterocycles. The van der Waals surface area contributed by atoms with Crippen molar-refractivity contribution in [3.63, 3.8) is 0 Å². The molecule has 0 radical (unpaired) electrons. The van der Waals surface area contributed by atoms with E-state index in [2.05, 4.69) is 0 Å². The third kappa shape index (κ3) is 4.02. The van der Waals surface area contributed by atoms with Crippen LogP contribution < -0.4 is 4.74 Å². The molecule has 0 saturated heterocycles. The highest BCUT2D eigenvalue weighted by molar-refractivity contribution is 5.31. The number of methoxy groups -OCH3 is 1. The van der Waals surface area contributed by atoms with Crippen molar-refractivity contribution >= 4 is 0 Å². The molecule has 0 fully saturated rings. The predicted molar refractivity (Wildman–Crippen MR) is 77.3 cm³/mol. The maximum atomic E-state index is 14.1. The average Bonchev–Trinajstić information content (AvgIpc) is 2.50. The minimum absolute atomic E-state index is 0.0615. The number of rotatable bonds is 6. The topological polar surface area (TPSA) is 29.5 Å². The molecule has 4 heteroatoms. The highest BCUT2D eigenvalue weighted by Gasteiger charge is 2.15. The number of halogens is 2. The molecular weight excluding hydrogens is 274 g/mol. The van der Waals surface area contributed by atoms with E-state index in [-0.39, 0.29) is 24.1 Å². The lowest BCUT2D eigenvalue weighted by atomic mass is 9.93. The van der Waals surface area contributed by atoms with E-state index in [0.29, 0.717) is 18.4 Å². The summed E-state index contributed by atoms with van der Waals surface area (Å²) >= 11 is 0. The molecule has 0 bridgehead atoms. The van der Waals surface area contributed by atoms with Gasteiger partial charge in [0.2, 0.25) is 0 Å². The Bertz CT molecular complexity index is 582. The van der Waals surface area contributed by atoms with Gasteiger partial charge in [0, 0.05) is 6.61 Å². The van der Waals surface area contributed by atoms with E-state index in [1.165, 1.54) is 19.2 Å². The summed E-state index contributed by atoms with van der Waals surface area (Å²) in [6.45, 7) is -0.0615. The van der Waals surface area contributed by atoms with Crippen molar-refractivity contribution in [2.75, 3.05) is 13.7 Å². The summed E-state index contributed by atoms with van der Waals surface area (Å²) in [7, 11) is 1.42. The van der Waals surface area contributed by atoms with Crippen molar-refractivity contribution in [1.29, 1.82) is 0 Å². The fourth-order valence-corrected chi connectivity index (χ4v) is 2.34. The van der Waals surface area contributed by atoms with Gasteiger partial charge in [0.25, 0.3) is 0 Å². The zero-order chi connectivity index (χ0) is 15.2. The first-order valence-corrected chi connectivity index (χ1v) is 6.80. The van der Waals surface area contributed by atoms with Gasteiger partial charge in [-0.05, 0) is 48.1 Å². The second kappa shape index (κ2) is 7.18. The first-order chi connectivity index (χ1) is 10.1. The third-order valence-electron chi connectivity index (χ3n) is 3.47. The molecule has 1 unspecified atom stereocenters. The van der Waals surface area contributed by atoms with E-state index >= 15 is 0 Å². The van der Waals surface area contributed by atoms with Crippen LogP contribution in [-0.4, -0.2) is 18.8 Å². The summed E-state index contributed by atoms with van der Waals surface area (Å²) in [6, 6.07) is 11.1. The van der Waals surface area contributed by atoms with Crippen molar-refractivity contribution in [2.24, 2.45) is 5.92 Å². The molecule has 0 heterocycles. The molecule has 0 saturated carbocycles. The highest BCUT2D eigenvalue weighted by atomic mass is 19.1. The van der Waals surface area contributed by atoms with Crippen LogP contribution in [0.1, 0.15) is 11.1 Å². The fourth-order valence-electron chi connectivity index (χ4n) is 2.34. The van der Waals surface area contributed by atoms with Crippen LogP contribution in [0.25, 0.3) is 0 Å². The van der Waals surface area contributed by atoms with Crippen LogP contribution in [0.2, 0.25) is 0 Å². The van der Waals surface area contributed by atoms with E-state index < -0.39 is 5.82 Å². The molecule has 1 atom stereocenters. The molecule has 21 heavy (non-hydrogen) atoms. The lowest BCUT2D eigenvalue weighted by molar-refractivity contribution is 0.223. The number of ether oxygens (including phenoxy) is 1. The minimum Gasteiger partial charge on any atom is -0.494 e. The molecule has 0 aromatic heterocycles. The van der Waals surface area contributed by atoms with Crippen LogP contribution in [0.3, 0.4) is 0 Å². The van der Waals surface area contributed by atoms with Gasteiger partial charge < -0.3 is 9.84 Å². The van der Waals surface area contributed by atoms with Crippen molar-refractivity contribution in [3.8, 4) is 5.75 Å². The first kappa shape index (κ1) is 15.4. The lowest BCUT2D eigenvalue weighted by Gasteiger charge is -2.15. The van der Waals surface area contributed by atoms with Gasteiger partial charge in [-0.15, -0.1) is 0 Å². The highest BCUT2D eigenvalue weighted by Crippen LogP contribution is 2.23.